The van der Waals surface area contributed by atoms with Crippen LogP contribution in [0.1, 0.15) is 33.3 Å². The zero-order chi connectivity index (χ0) is 13.7. The van der Waals surface area contributed by atoms with Gasteiger partial charge in [-0.25, -0.2) is 9.97 Å². The van der Waals surface area contributed by atoms with E-state index in [0.29, 0.717) is 10.8 Å². The Morgan fingerprint density at radius 3 is 2.56 bits per heavy atom. The molecule has 0 fully saturated rings. The zero-order valence-corrected chi connectivity index (χ0v) is 12.2. The second-order valence-electron chi connectivity index (χ2n) is 3.96. The number of fused-ring (bicyclic) bond motifs is 1. The van der Waals surface area contributed by atoms with E-state index in [-0.39, 0.29) is 6.10 Å². The van der Waals surface area contributed by atoms with E-state index < -0.39 is 0 Å². The van der Waals surface area contributed by atoms with Crippen LogP contribution in [0.15, 0.2) is 18.6 Å². The Hall–Kier alpha value is -1.35. The van der Waals surface area contributed by atoms with Gasteiger partial charge in [0.05, 0.1) is 11.1 Å². The van der Waals surface area contributed by atoms with Gasteiger partial charge < -0.3 is 4.74 Å². The van der Waals surface area contributed by atoms with Crippen molar-refractivity contribution in [3.8, 4) is 5.75 Å². The lowest BCUT2D eigenvalue weighted by atomic mass is 10.1. The largest absolute Gasteiger partial charge is 0.487 e. The molecule has 0 amide bonds. The molecule has 0 spiro atoms. The fourth-order valence-electron chi connectivity index (χ4n) is 1.59. The van der Waals surface area contributed by atoms with Crippen molar-refractivity contribution >= 4 is 22.5 Å². The number of aromatic nitrogens is 2. The van der Waals surface area contributed by atoms with Crippen LogP contribution in [0.3, 0.4) is 0 Å². The number of ether oxygens (including phenoxy) is 1. The molecule has 0 saturated heterocycles. The summed E-state index contributed by atoms with van der Waals surface area (Å²) >= 11 is 6.17. The van der Waals surface area contributed by atoms with Crippen molar-refractivity contribution in [1.82, 2.24) is 9.97 Å². The predicted octanol–water partition coefficient (Wildman–Crippen LogP) is 4.41. The number of hydrogen-bond acceptors (Lipinski definition) is 3. The summed E-state index contributed by atoms with van der Waals surface area (Å²) in [6, 6.07) is 1.88. The van der Waals surface area contributed by atoms with Crippen molar-refractivity contribution < 1.29 is 4.74 Å². The molecule has 0 N–H and O–H groups in total. The average molecular weight is 267 g/mol. The summed E-state index contributed by atoms with van der Waals surface area (Å²) in [6.07, 6.45) is 3.35. The first-order valence-corrected chi connectivity index (χ1v) is 6.53. The van der Waals surface area contributed by atoms with Gasteiger partial charge in [0.15, 0.2) is 5.75 Å². The molecule has 0 bridgehead atoms. The highest BCUT2D eigenvalue weighted by atomic mass is 35.5. The van der Waals surface area contributed by atoms with E-state index in [1.807, 2.05) is 40.7 Å². The molecule has 98 valence electrons. The maximum absolute atomic E-state index is 6.17. The first-order chi connectivity index (χ1) is 8.59. The summed E-state index contributed by atoms with van der Waals surface area (Å²) in [5.74, 6) is 0.639. The van der Waals surface area contributed by atoms with Gasteiger partial charge in [-0.15, -0.1) is 0 Å². The Balaban J connectivity index is 0.000000771. The van der Waals surface area contributed by atoms with Crippen LogP contribution >= 0.6 is 11.6 Å². The van der Waals surface area contributed by atoms with Crippen LogP contribution in [-0.2, 0) is 0 Å². The van der Waals surface area contributed by atoms with Crippen molar-refractivity contribution in [2.45, 2.75) is 40.7 Å². The molecule has 1 aromatic carbocycles. The molecule has 0 saturated carbocycles. The van der Waals surface area contributed by atoms with E-state index in [0.717, 1.165) is 16.5 Å². The summed E-state index contributed by atoms with van der Waals surface area (Å²) in [7, 11) is 0. The molecule has 0 aliphatic carbocycles. The first kappa shape index (κ1) is 14.7. The Bertz CT molecular complexity index is 526. The Morgan fingerprint density at radius 2 is 1.94 bits per heavy atom. The summed E-state index contributed by atoms with van der Waals surface area (Å²) in [4.78, 5) is 8.25. The van der Waals surface area contributed by atoms with Crippen LogP contribution in [0, 0.1) is 6.92 Å². The van der Waals surface area contributed by atoms with Gasteiger partial charge in [0.2, 0.25) is 0 Å². The van der Waals surface area contributed by atoms with Gasteiger partial charge in [-0.05, 0) is 32.4 Å². The molecule has 2 rings (SSSR count). The Morgan fingerprint density at radius 1 is 1.28 bits per heavy atom. The van der Waals surface area contributed by atoms with Crippen molar-refractivity contribution in [3.63, 3.8) is 0 Å². The lowest BCUT2D eigenvalue weighted by Crippen LogP contribution is -2.07. The molecular formula is C14H19ClN2O. The average Bonchev–Trinajstić information content (AvgIpc) is 2.37. The Labute approximate surface area is 113 Å². The maximum Gasteiger partial charge on any atom is 0.164 e. The number of halogens is 1. The summed E-state index contributed by atoms with van der Waals surface area (Å²) in [5, 5.41) is 1.57. The number of hydrogen-bond donors (Lipinski definition) is 0. The minimum absolute atomic E-state index is 0.0679. The van der Waals surface area contributed by atoms with Crippen molar-refractivity contribution in [2.24, 2.45) is 0 Å². The van der Waals surface area contributed by atoms with E-state index in [1.54, 1.807) is 6.20 Å². The van der Waals surface area contributed by atoms with Crippen LogP contribution < -0.4 is 4.74 Å². The minimum Gasteiger partial charge on any atom is -0.487 e. The van der Waals surface area contributed by atoms with Crippen LogP contribution in [-0.4, -0.2) is 16.1 Å². The van der Waals surface area contributed by atoms with E-state index >= 15 is 0 Å². The predicted molar refractivity (Wildman–Crippen MR) is 76.4 cm³/mol. The summed E-state index contributed by atoms with van der Waals surface area (Å²) in [6.45, 7) is 9.91. The second kappa shape index (κ2) is 6.55. The van der Waals surface area contributed by atoms with Gasteiger partial charge in [0.25, 0.3) is 0 Å². The highest BCUT2D eigenvalue weighted by molar-refractivity contribution is 6.33. The topological polar surface area (TPSA) is 35.0 Å². The van der Waals surface area contributed by atoms with E-state index in [1.165, 1.54) is 6.33 Å². The highest BCUT2D eigenvalue weighted by Gasteiger charge is 2.12. The van der Waals surface area contributed by atoms with Crippen LogP contribution in [0.2, 0.25) is 5.02 Å². The van der Waals surface area contributed by atoms with Crippen molar-refractivity contribution in [2.75, 3.05) is 0 Å². The monoisotopic (exact) mass is 266 g/mol. The third kappa shape index (κ3) is 3.10. The van der Waals surface area contributed by atoms with Gasteiger partial charge in [0.1, 0.15) is 11.8 Å². The summed E-state index contributed by atoms with van der Waals surface area (Å²) in [5.41, 5.74) is 1.82. The van der Waals surface area contributed by atoms with Gasteiger partial charge in [-0.2, -0.15) is 0 Å². The van der Waals surface area contributed by atoms with Crippen LogP contribution in [0.5, 0.6) is 5.75 Å². The lowest BCUT2D eigenvalue weighted by molar-refractivity contribution is 0.245. The van der Waals surface area contributed by atoms with Crippen molar-refractivity contribution in [1.29, 1.82) is 0 Å². The molecule has 0 radical (unpaired) electrons. The standard InChI is InChI=1S/C12H13ClN2O.C2H6/c1-7(2)16-12-10(13)4-8(3)9-5-14-6-15-11(9)12;1-2/h4-7H,1-3H3;1-2H3. The van der Waals surface area contributed by atoms with Gasteiger partial charge in [-0.3, -0.25) is 0 Å². The molecule has 0 unspecified atom stereocenters. The molecule has 0 atom stereocenters. The molecule has 2 aromatic rings. The molecule has 18 heavy (non-hydrogen) atoms. The van der Waals surface area contributed by atoms with Gasteiger partial charge in [0, 0.05) is 11.6 Å². The van der Waals surface area contributed by atoms with Crippen LogP contribution in [0.25, 0.3) is 10.9 Å². The van der Waals surface area contributed by atoms with E-state index in [2.05, 4.69) is 9.97 Å². The molecule has 0 aliphatic rings. The first-order valence-electron chi connectivity index (χ1n) is 6.15. The second-order valence-corrected chi connectivity index (χ2v) is 4.36. The molecule has 1 aromatic heterocycles. The minimum atomic E-state index is 0.0679. The molecule has 1 heterocycles. The highest BCUT2D eigenvalue weighted by Crippen LogP contribution is 2.34. The number of nitrogens with zero attached hydrogens (tertiary/aromatic N) is 2. The Kier molecular flexibility index (Phi) is 5.35. The van der Waals surface area contributed by atoms with E-state index in [4.69, 9.17) is 16.3 Å². The molecule has 3 nitrogen and oxygen atoms in total. The third-order valence-corrected chi connectivity index (χ3v) is 2.55. The molecule has 4 heteroatoms. The number of benzene rings is 1. The van der Waals surface area contributed by atoms with E-state index in [9.17, 15) is 0 Å². The van der Waals surface area contributed by atoms with Crippen LogP contribution in [0.4, 0.5) is 0 Å². The molecular weight excluding hydrogens is 248 g/mol. The lowest BCUT2D eigenvalue weighted by Gasteiger charge is -2.14. The normalized spacial score (nSPS) is 10.2. The maximum atomic E-state index is 6.17. The van der Waals surface area contributed by atoms with Gasteiger partial charge in [-0.1, -0.05) is 25.4 Å². The smallest absolute Gasteiger partial charge is 0.164 e. The fourth-order valence-corrected chi connectivity index (χ4v) is 1.89. The SMILES string of the molecule is CC.Cc1cc(Cl)c(OC(C)C)c2ncncc12. The quantitative estimate of drug-likeness (QED) is 0.808. The number of rotatable bonds is 2. The summed E-state index contributed by atoms with van der Waals surface area (Å²) < 4.78 is 5.69. The number of aryl methyl sites for hydroxylation is 1. The third-order valence-electron chi connectivity index (χ3n) is 2.27. The van der Waals surface area contributed by atoms with Crippen molar-refractivity contribution in [3.05, 3.63) is 29.2 Å². The fraction of sp³-hybridized carbons (Fsp3) is 0.429. The molecule has 0 aliphatic heterocycles. The zero-order valence-electron chi connectivity index (χ0n) is 11.5. The van der Waals surface area contributed by atoms with Gasteiger partial charge >= 0.3 is 0 Å².